The van der Waals surface area contributed by atoms with Crippen LogP contribution in [0.5, 0.6) is 0 Å². The summed E-state index contributed by atoms with van der Waals surface area (Å²) in [4.78, 5) is 33.7. The molecule has 3 heterocycles. The molecule has 9 heteroatoms. The largest absolute Gasteiger partial charge is 0.462 e. The number of nitrogens with zero attached hydrogens (tertiary/aromatic N) is 5. The Labute approximate surface area is 164 Å². The molecule has 0 aliphatic carbocycles. The van der Waals surface area contributed by atoms with Gasteiger partial charge in [0.05, 0.1) is 28.8 Å². The van der Waals surface area contributed by atoms with Gasteiger partial charge in [-0.05, 0) is 50.4 Å². The fourth-order valence-electron chi connectivity index (χ4n) is 3.03. The van der Waals surface area contributed by atoms with Gasteiger partial charge in [-0.3, -0.25) is 9.36 Å². The lowest BCUT2D eigenvalue weighted by atomic mass is 10.2. The average Bonchev–Trinajstić information content (AvgIpc) is 3.11. The molecule has 0 saturated carbocycles. The molecular formula is C19H17N5O3S. The van der Waals surface area contributed by atoms with Crippen molar-refractivity contribution in [2.24, 2.45) is 0 Å². The third kappa shape index (κ3) is 2.93. The molecular weight excluding hydrogens is 378 g/mol. The first-order valence-corrected chi connectivity index (χ1v) is 9.86. The van der Waals surface area contributed by atoms with E-state index in [1.165, 1.54) is 16.3 Å². The standard InChI is InChI=1S/C19H17N5O3S/c1-4-27-17(26)12-5-7-13(8-6-12)23-10-9-14-15(16(23)25)11(2)20-18-21-19(28-3)22-24(14)18/h5-10H,4H2,1-3H3. The first-order valence-electron chi connectivity index (χ1n) is 8.63. The number of aryl methyl sites for hydroxylation is 1. The van der Waals surface area contributed by atoms with E-state index in [1.807, 2.05) is 12.3 Å². The fourth-order valence-corrected chi connectivity index (χ4v) is 3.37. The van der Waals surface area contributed by atoms with Crippen molar-refractivity contribution in [3.63, 3.8) is 0 Å². The van der Waals surface area contributed by atoms with Crippen molar-refractivity contribution in [3.8, 4) is 5.69 Å². The lowest BCUT2D eigenvalue weighted by Crippen LogP contribution is -2.20. The average molecular weight is 395 g/mol. The monoisotopic (exact) mass is 395 g/mol. The van der Waals surface area contributed by atoms with Gasteiger partial charge in [0.2, 0.25) is 5.16 Å². The quantitative estimate of drug-likeness (QED) is 0.387. The molecule has 0 amide bonds. The lowest BCUT2D eigenvalue weighted by Gasteiger charge is -2.10. The van der Waals surface area contributed by atoms with Crippen LogP contribution in [0.3, 0.4) is 0 Å². The van der Waals surface area contributed by atoms with Gasteiger partial charge in [0.1, 0.15) is 0 Å². The maximum absolute atomic E-state index is 13.2. The predicted octanol–water partition coefficient (Wildman–Crippen LogP) is 2.64. The number of hydrogen-bond acceptors (Lipinski definition) is 7. The minimum absolute atomic E-state index is 0.213. The molecule has 4 aromatic rings. The van der Waals surface area contributed by atoms with Crippen LogP contribution in [0.1, 0.15) is 23.0 Å². The van der Waals surface area contributed by atoms with E-state index in [0.29, 0.717) is 45.4 Å². The minimum atomic E-state index is -0.391. The van der Waals surface area contributed by atoms with E-state index in [9.17, 15) is 9.59 Å². The van der Waals surface area contributed by atoms with Crippen LogP contribution < -0.4 is 5.56 Å². The summed E-state index contributed by atoms with van der Waals surface area (Å²) in [5, 5.41) is 5.47. The van der Waals surface area contributed by atoms with E-state index >= 15 is 0 Å². The minimum Gasteiger partial charge on any atom is -0.462 e. The maximum atomic E-state index is 13.2. The molecule has 0 aliphatic rings. The Hall–Kier alpha value is -3.20. The smallest absolute Gasteiger partial charge is 0.338 e. The van der Waals surface area contributed by atoms with Crippen molar-refractivity contribution < 1.29 is 9.53 Å². The molecule has 0 bridgehead atoms. The fraction of sp³-hybridized carbons (Fsp3) is 0.211. The summed E-state index contributed by atoms with van der Waals surface area (Å²) in [7, 11) is 0. The number of rotatable bonds is 4. The second-order valence-electron chi connectivity index (χ2n) is 6.03. The number of carbonyl (C=O) groups excluding carboxylic acids is 1. The second kappa shape index (κ2) is 7.08. The molecule has 0 unspecified atom stereocenters. The summed E-state index contributed by atoms with van der Waals surface area (Å²) in [5.41, 5.74) is 2.10. The number of thioether (sulfide) groups is 1. The topological polar surface area (TPSA) is 91.4 Å². The first kappa shape index (κ1) is 18.2. The van der Waals surface area contributed by atoms with E-state index in [0.717, 1.165) is 0 Å². The van der Waals surface area contributed by atoms with Crippen LogP contribution in [0.2, 0.25) is 0 Å². The van der Waals surface area contributed by atoms with Gasteiger partial charge in [0, 0.05) is 11.9 Å². The van der Waals surface area contributed by atoms with Crippen molar-refractivity contribution in [1.29, 1.82) is 0 Å². The number of pyridine rings is 1. The lowest BCUT2D eigenvalue weighted by molar-refractivity contribution is 0.0526. The molecule has 3 aromatic heterocycles. The van der Waals surface area contributed by atoms with Gasteiger partial charge < -0.3 is 4.74 Å². The number of benzene rings is 1. The Balaban J connectivity index is 1.86. The molecule has 0 saturated heterocycles. The van der Waals surface area contributed by atoms with Gasteiger partial charge in [-0.15, -0.1) is 5.10 Å². The third-order valence-electron chi connectivity index (χ3n) is 4.34. The Morgan fingerprint density at radius 3 is 2.61 bits per heavy atom. The third-order valence-corrected chi connectivity index (χ3v) is 4.88. The highest BCUT2D eigenvalue weighted by molar-refractivity contribution is 7.98. The summed E-state index contributed by atoms with van der Waals surface area (Å²) in [5.74, 6) is 0.0726. The molecule has 28 heavy (non-hydrogen) atoms. The van der Waals surface area contributed by atoms with Crippen LogP contribution in [0.4, 0.5) is 0 Å². The van der Waals surface area contributed by atoms with Gasteiger partial charge in [0.25, 0.3) is 11.3 Å². The molecule has 1 aromatic carbocycles. The Morgan fingerprint density at radius 1 is 1.18 bits per heavy atom. The van der Waals surface area contributed by atoms with Crippen LogP contribution in [0.15, 0.2) is 46.5 Å². The highest BCUT2D eigenvalue weighted by Crippen LogP contribution is 2.18. The van der Waals surface area contributed by atoms with E-state index in [1.54, 1.807) is 48.8 Å². The number of fused-ring (bicyclic) bond motifs is 3. The normalized spacial score (nSPS) is 11.2. The molecule has 4 rings (SSSR count). The summed E-state index contributed by atoms with van der Waals surface area (Å²) in [6, 6.07) is 8.52. The SMILES string of the molecule is CCOC(=O)c1ccc(-n2ccc3c(c(C)nc4nc(SC)nn43)c2=O)cc1. The second-order valence-corrected chi connectivity index (χ2v) is 6.80. The Kier molecular flexibility index (Phi) is 4.60. The molecule has 0 aliphatic heterocycles. The highest BCUT2D eigenvalue weighted by Gasteiger charge is 2.15. The molecule has 0 fully saturated rings. The Morgan fingerprint density at radius 2 is 1.93 bits per heavy atom. The highest BCUT2D eigenvalue weighted by atomic mass is 32.2. The van der Waals surface area contributed by atoms with Crippen molar-refractivity contribution in [1.82, 2.24) is 24.1 Å². The molecule has 0 radical (unpaired) electrons. The Bertz CT molecular complexity index is 1260. The van der Waals surface area contributed by atoms with Gasteiger partial charge >= 0.3 is 5.97 Å². The van der Waals surface area contributed by atoms with Gasteiger partial charge in [-0.2, -0.15) is 9.50 Å². The first-order chi connectivity index (χ1) is 13.5. The van der Waals surface area contributed by atoms with Crippen LogP contribution in [-0.4, -0.2) is 43.0 Å². The van der Waals surface area contributed by atoms with Gasteiger partial charge in [-0.1, -0.05) is 11.8 Å². The van der Waals surface area contributed by atoms with E-state index in [-0.39, 0.29) is 5.56 Å². The van der Waals surface area contributed by atoms with Gasteiger partial charge in [0.15, 0.2) is 0 Å². The van der Waals surface area contributed by atoms with Gasteiger partial charge in [-0.25, -0.2) is 9.78 Å². The molecule has 0 atom stereocenters. The number of esters is 1. The maximum Gasteiger partial charge on any atom is 0.338 e. The van der Waals surface area contributed by atoms with E-state index < -0.39 is 5.97 Å². The van der Waals surface area contributed by atoms with Crippen molar-refractivity contribution >= 4 is 34.4 Å². The number of ether oxygens (including phenoxy) is 1. The van der Waals surface area contributed by atoms with Crippen molar-refractivity contribution in [2.45, 2.75) is 19.0 Å². The predicted molar refractivity (Wildman–Crippen MR) is 106 cm³/mol. The van der Waals surface area contributed by atoms with Crippen LogP contribution in [0.25, 0.3) is 22.4 Å². The molecule has 8 nitrogen and oxygen atoms in total. The van der Waals surface area contributed by atoms with E-state index in [4.69, 9.17) is 4.74 Å². The van der Waals surface area contributed by atoms with Crippen LogP contribution >= 0.6 is 11.8 Å². The van der Waals surface area contributed by atoms with E-state index in [2.05, 4.69) is 15.1 Å². The number of hydrogen-bond donors (Lipinski definition) is 0. The van der Waals surface area contributed by atoms with Crippen LogP contribution in [-0.2, 0) is 4.74 Å². The van der Waals surface area contributed by atoms with Crippen molar-refractivity contribution in [2.75, 3.05) is 12.9 Å². The summed E-state index contributed by atoms with van der Waals surface area (Å²) < 4.78 is 8.09. The molecule has 0 N–H and O–H groups in total. The summed E-state index contributed by atoms with van der Waals surface area (Å²) in [6.45, 7) is 3.85. The molecule has 0 spiro atoms. The zero-order chi connectivity index (χ0) is 19.8. The van der Waals surface area contributed by atoms with Crippen molar-refractivity contribution in [3.05, 3.63) is 58.1 Å². The number of carbonyl (C=O) groups is 1. The summed E-state index contributed by atoms with van der Waals surface area (Å²) in [6.07, 6.45) is 3.57. The zero-order valence-electron chi connectivity index (χ0n) is 15.5. The number of aromatic nitrogens is 5. The molecule has 142 valence electrons. The zero-order valence-corrected chi connectivity index (χ0v) is 16.4. The van der Waals surface area contributed by atoms with Crippen LogP contribution in [0, 0.1) is 6.92 Å². The summed E-state index contributed by atoms with van der Waals surface area (Å²) >= 11 is 1.42.